The van der Waals surface area contributed by atoms with Crippen molar-refractivity contribution >= 4 is 0 Å². The Bertz CT molecular complexity index is 505. The highest BCUT2D eigenvalue weighted by Gasteiger charge is 2.66. The summed E-state index contributed by atoms with van der Waals surface area (Å²) in [6.45, 7) is 8.65. The lowest BCUT2D eigenvalue weighted by atomic mass is 9.94. The van der Waals surface area contributed by atoms with Crippen LogP contribution in [0.4, 0.5) is 0 Å². The van der Waals surface area contributed by atoms with Gasteiger partial charge in [0, 0.05) is 24.7 Å². The predicted molar refractivity (Wildman–Crippen MR) is 85.1 cm³/mol. The molecular formula is C18H29N3. The van der Waals surface area contributed by atoms with Gasteiger partial charge >= 0.3 is 0 Å². The monoisotopic (exact) mass is 287 g/mol. The maximum absolute atomic E-state index is 4.63. The van der Waals surface area contributed by atoms with E-state index in [2.05, 4.69) is 41.9 Å². The summed E-state index contributed by atoms with van der Waals surface area (Å²) in [6.07, 6.45) is 5.76. The van der Waals surface area contributed by atoms with Gasteiger partial charge in [0.15, 0.2) is 0 Å². The summed E-state index contributed by atoms with van der Waals surface area (Å²) < 4.78 is 2.20. The Morgan fingerprint density at radius 2 is 2.00 bits per heavy atom. The van der Waals surface area contributed by atoms with Crippen LogP contribution < -0.4 is 5.32 Å². The molecule has 1 N–H and O–H groups in total. The molecule has 0 radical (unpaired) electrons. The third-order valence-corrected chi connectivity index (χ3v) is 6.44. The summed E-state index contributed by atoms with van der Waals surface area (Å²) in [7, 11) is 0. The van der Waals surface area contributed by atoms with Crippen molar-refractivity contribution in [3.63, 3.8) is 0 Å². The maximum Gasteiger partial charge on any atom is 0.0596 e. The van der Waals surface area contributed by atoms with Crippen molar-refractivity contribution in [2.24, 2.45) is 29.6 Å². The molecule has 3 aliphatic rings. The minimum absolute atomic E-state index is 0.676. The molecule has 1 aromatic heterocycles. The number of fused-ring (bicyclic) bond motifs is 5. The lowest BCUT2D eigenvalue weighted by Gasteiger charge is -2.21. The van der Waals surface area contributed by atoms with Crippen molar-refractivity contribution in [2.45, 2.75) is 59.0 Å². The van der Waals surface area contributed by atoms with E-state index in [0.717, 1.165) is 48.4 Å². The Morgan fingerprint density at radius 1 is 1.29 bits per heavy atom. The SMILES string of the molecule is CCNC(Cc1cc(C)nn1CC)C1C2C3CCC(C3)C21. The number of likely N-dealkylation sites (N-methyl/N-ethyl adjacent to an activating group) is 1. The van der Waals surface area contributed by atoms with Gasteiger partial charge in [-0.1, -0.05) is 6.92 Å². The molecule has 0 spiro atoms. The Hall–Kier alpha value is -0.830. The standard InChI is InChI=1S/C18H29N3/c1-4-19-15(10-14-8-11(3)20-21(14)5-2)18-16-12-6-7-13(9-12)17(16)18/h8,12-13,15-19H,4-7,9-10H2,1-3H3. The zero-order valence-corrected chi connectivity index (χ0v) is 13.7. The number of hydrogen-bond acceptors (Lipinski definition) is 2. The van der Waals surface area contributed by atoms with E-state index in [-0.39, 0.29) is 0 Å². The molecule has 0 saturated heterocycles. The average Bonchev–Trinajstić information content (AvgIpc) is 2.78. The summed E-state index contributed by atoms with van der Waals surface area (Å²) in [5.41, 5.74) is 2.59. The number of rotatable bonds is 6. The number of nitrogens with zero attached hydrogens (tertiary/aromatic N) is 2. The molecule has 3 nitrogen and oxygen atoms in total. The van der Waals surface area contributed by atoms with Gasteiger partial charge in [0.2, 0.25) is 0 Å². The fraction of sp³-hybridized carbons (Fsp3) is 0.833. The van der Waals surface area contributed by atoms with Gasteiger partial charge in [-0.3, -0.25) is 4.68 Å². The van der Waals surface area contributed by atoms with Gasteiger partial charge in [0.25, 0.3) is 0 Å². The zero-order valence-electron chi connectivity index (χ0n) is 13.7. The molecule has 3 saturated carbocycles. The lowest BCUT2D eigenvalue weighted by molar-refractivity contribution is 0.360. The van der Waals surface area contributed by atoms with E-state index in [1.54, 1.807) is 6.42 Å². The van der Waals surface area contributed by atoms with Crippen molar-refractivity contribution in [3.8, 4) is 0 Å². The Kier molecular flexibility index (Phi) is 3.36. The minimum Gasteiger partial charge on any atom is -0.314 e. The van der Waals surface area contributed by atoms with Crippen LogP contribution in [0, 0.1) is 36.5 Å². The van der Waals surface area contributed by atoms with Crippen LogP contribution in [0.3, 0.4) is 0 Å². The zero-order chi connectivity index (χ0) is 14.6. The van der Waals surface area contributed by atoms with Crippen molar-refractivity contribution in [3.05, 3.63) is 17.5 Å². The van der Waals surface area contributed by atoms with Crippen LogP contribution in [0.5, 0.6) is 0 Å². The highest BCUT2D eigenvalue weighted by molar-refractivity contribution is 5.19. The van der Waals surface area contributed by atoms with Crippen LogP contribution in [-0.2, 0) is 13.0 Å². The maximum atomic E-state index is 4.63. The molecular weight excluding hydrogens is 258 g/mol. The second kappa shape index (κ2) is 5.12. The second-order valence-electron chi connectivity index (χ2n) is 7.53. The van der Waals surface area contributed by atoms with Crippen LogP contribution in [0.15, 0.2) is 6.07 Å². The summed E-state index contributed by atoms with van der Waals surface area (Å²) in [4.78, 5) is 0. The topological polar surface area (TPSA) is 29.9 Å². The van der Waals surface area contributed by atoms with Crippen molar-refractivity contribution in [1.29, 1.82) is 0 Å². The number of hydrogen-bond donors (Lipinski definition) is 1. The van der Waals surface area contributed by atoms with E-state index in [1.807, 2.05) is 0 Å². The molecule has 3 fully saturated rings. The van der Waals surface area contributed by atoms with Crippen LogP contribution in [-0.4, -0.2) is 22.4 Å². The molecule has 116 valence electrons. The molecule has 5 unspecified atom stereocenters. The molecule has 3 aliphatic carbocycles. The fourth-order valence-electron chi connectivity index (χ4n) is 5.80. The summed E-state index contributed by atoms with van der Waals surface area (Å²) >= 11 is 0. The molecule has 2 bridgehead atoms. The number of nitrogens with one attached hydrogen (secondary N) is 1. The van der Waals surface area contributed by atoms with E-state index >= 15 is 0 Å². The van der Waals surface area contributed by atoms with Gasteiger partial charge in [0.05, 0.1) is 5.69 Å². The molecule has 1 aromatic rings. The van der Waals surface area contributed by atoms with Crippen LogP contribution in [0.25, 0.3) is 0 Å². The predicted octanol–water partition coefficient (Wildman–Crippen LogP) is 3.02. The first kappa shape index (κ1) is 13.8. The van der Waals surface area contributed by atoms with Crippen LogP contribution >= 0.6 is 0 Å². The van der Waals surface area contributed by atoms with E-state index in [4.69, 9.17) is 0 Å². The first-order valence-electron chi connectivity index (χ1n) is 8.99. The molecule has 5 atom stereocenters. The number of aryl methyl sites for hydroxylation is 2. The van der Waals surface area contributed by atoms with Crippen LogP contribution in [0.1, 0.15) is 44.5 Å². The van der Waals surface area contributed by atoms with Gasteiger partial charge in [0.1, 0.15) is 0 Å². The first-order chi connectivity index (χ1) is 10.2. The van der Waals surface area contributed by atoms with Gasteiger partial charge in [-0.25, -0.2) is 0 Å². The van der Waals surface area contributed by atoms with Crippen LogP contribution in [0.2, 0.25) is 0 Å². The smallest absolute Gasteiger partial charge is 0.0596 e. The Labute approximate surface area is 128 Å². The van der Waals surface area contributed by atoms with Gasteiger partial charge < -0.3 is 5.32 Å². The average molecular weight is 287 g/mol. The van der Waals surface area contributed by atoms with E-state index < -0.39 is 0 Å². The van der Waals surface area contributed by atoms with Crippen molar-refractivity contribution in [2.75, 3.05) is 6.54 Å². The normalized spacial score (nSPS) is 37.8. The minimum atomic E-state index is 0.676. The van der Waals surface area contributed by atoms with Gasteiger partial charge in [-0.05, 0) is 75.3 Å². The molecule has 3 heteroatoms. The molecule has 0 aromatic carbocycles. The largest absolute Gasteiger partial charge is 0.314 e. The third kappa shape index (κ3) is 2.16. The van der Waals surface area contributed by atoms with Crippen molar-refractivity contribution in [1.82, 2.24) is 15.1 Å². The second-order valence-corrected chi connectivity index (χ2v) is 7.53. The van der Waals surface area contributed by atoms with Crippen molar-refractivity contribution < 1.29 is 0 Å². The molecule has 0 aliphatic heterocycles. The molecule has 1 heterocycles. The fourth-order valence-corrected chi connectivity index (χ4v) is 5.80. The highest BCUT2D eigenvalue weighted by atomic mass is 15.3. The molecule has 4 rings (SSSR count). The van der Waals surface area contributed by atoms with Gasteiger partial charge in [-0.2, -0.15) is 5.10 Å². The Morgan fingerprint density at radius 3 is 2.62 bits per heavy atom. The number of aromatic nitrogens is 2. The summed E-state index contributed by atoms with van der Waals surface area (Å²) in [6, 6.07) is 2.97. The van der Waals surface area contributed by atoms with Gasteiger partial charge in [-0.15, -0.1) is 0 Å². The highest BCUT2D eigenvalue weighted by Crippen LogP contribution is 2.70. The lowest BCUT2D eigenvalue weighted by Crippen LogP contribution is -2.35. The van der Waals surface area contributed by atoms with E-state index in [9.17, 15) is 0 Å². The summed E-state index contributed by atoms with van der Waals surface area (Å²) in [5, 5.41) is 8.44. The molecule has 21 heavy (non-hydrogen) atoms. The van der Waals surface area contributed by atoms with E-state index in [1.165, 1.54) is 25.0 Å². The quantitative estimate of drug-likeness (QED) is 0.871. The van der Waals surface area contributed by atoms with E-state index in [0.29, 0.717) is 6.04 Å². The first-order valence-corrected chi connectivity index (χ1v) is 8.99. The summed E-state index contributed by atoms with van der Waals surface area (Å²) in [5.74, 6) is 5.23. The third-order valence-electron chi connectivity index (χ3n) is 6.44. The molecule has 0 amide bonds. The Balaban J connectivity index is 1.50.